The van der Waals surface area contributed by atoms with Gasteiger partial charge in [0.25, 0.3) is 0 Å². The van der Waals surface area contributed by atoms with Crippen LogP contribution in [-0.2, 0) is 4.74 Å². The van der Waals surface area contributed by atoms with Gasteiger partial charge in [-0.3, -0.25) is 0 Å². The van der Waals surface area contributed by atoms with E-state index in [1.165, 1.54) is 5.56 Å². The summed E-state index contributed by atoms with van der Waals surface area (Å²) >= 11 is 5.00. The third kappa shape index (κ3) is 3.43. The third-order valence-electron chi connectivity index (χ3n) is 4.62. The fourth-order valence-electron chi connectivity index (χ4n) is 3.15. The summed E-state index contributed by atoms with van der Waals surface area (Å²) in [5.41, 5.74) is 0.791. The number of amides is 1. The Morgan fingerprint density at radius 1 is 1.36 bits per heavy atom. The SMILES string of the molecule is CC(c1ccccc1)C1(S)CCN(C(=O)OC(C)(C)C)C1C. The summed E-state index contributed by atoms with van der Waals surface area (Å²) < 4.78 is 5.29. The lowest BCUT2D eigenvalue weighted by molar-refractivity contribution is 0.0226. The monoisotopic (exact) mass is 321 g/mol. The van der Waals surface area contributed by atoms with Gasteiger partial charge in [-0.1, -0.05) is 37.3 Å². The number of nitrogens with zero attached hydrogens (tertiary/aromatic N) is 1. The molecule has 0 N–H and O–H groups in total. The lowest BCUT2D eigenvalue weighted by Gasteiger charge is -2.37. The van der Waals surface area contributed by atoms with Crippen molar-refractivity contribution in [1.82, 2.24) is 4.90 Å². The molecule has 1 aromatic rings. The first-order chi connectivity index (χ1) is 10.1. The topological polar surface area (TPSA) is 29.5 Å². The third-order valence-corrected chi connectivity index (χ3v) is 5.61. The van der Waals surface area contributed by atoms with Gasteiger partial charge < -0.3 is 9.64 Å². The van der Waals surface area contributed by atoms with Crippen molar-refractivity contribution >= 4 is 18.7 Å². The molecule has 1 aliphatic rings. The van der Waals surface area contributed by atoms with Crippen molar-refractivity contribution < 1.29 is 9.53 Å². The Labute approximate surface area is 139 Å². The van der Waals surface area contributed by atoms with Gasteiger partial charge in [-0.15, -0.1) is 0 Å². The smallest absolute Gasteiger partial charge is 0.410 e. The zero-order valence-corrected chi connectivity index (χ0v) is 15.1. The van der Waals surface area contributed by atoms with Gasteiger partial charge in [0, 0.05) is 17.3 Å². The highest BCUT2D eigenvalue weighted by atomic mass is 32.1. The molecule has 3 atom stereocenters. The zero-order chi connectivity index (χ0) is 16.5. The minimum absolute atomic E-state index is 0.0286. The minimum atomic E-state index is -0.469. The van der Waals surface area contributed by atoms with Crippen LogP contribution in [0.2, 0.25) is 0 Å². The molecule has 22 heavy (non-hydrogen) atoms. The van der Waals surface area contributed by atoms with Gasteiger partial charge in [-0.2, -0.15) is 12.6 Å². The van der Waals surface area contributed by atoms with Gasteiger partial charge >= 0.3 is 6.09 Å². The van der Waals surface area contributed by atoms with Crippen LogP contribution in [0.4, 0.5) is 4.79 Å². The van der Waals surface area contributed by atoms with Crippen molar-refractivity contribution in [1.29, 1.82) is 0 Å². The standard InChI is InChI=1S/C18H27NO2S/c1-13(15-9-7-6-8-10-15)18(22)11-12-19(14(18)2)16(20)21-17(3,4)5/h6-10,13-14,22H,11-12H2,1-5H3. The predicted molar refractivity (Wildman–Crippen MR) is 93.6 cm³/mol. The van der Waals surface area contributed by atoms with Crippen molar-refractivity contribution in [2.45, 2.75) is 63.3 Å². The second kappa shape index (κ2) is 6.15. The molecule has 0 radical (unpaired) electrons. The van der Waals surface area contributed by atoms with Gasteiger partial charge in [0.15, 0.2) is 0 Å². The lowest BCUT2D eigenvalue weighted by atomic mass is 9.82. The van der Waals surface area contributed by atoms with Crippen LogP contribution >= 0.6 is 12.6 Å². The normalized spacial score (nSPS) is 26.8. The average Bonchev–Trinajstić information content (AvgIpc) is 2.75. The molecule has 0 spiro atoms. The highest BCUT2D eigenvalue weighted by Gasteiger charge is 2.48. The molecule has 1 saturated heterocycles. The molecular formula is C18H27NO2S. The van der Waals surface area contributed by atoms with Crippen LogP contribution in [-0.4, -0.2) is 33.9 Å². The Morgan fingerprint density at radius 3 is 2.50 bits per heavy atom. The van der Waals surface area contributed by atoms with Gasteiger partial charge in [0.1, 0.15) is 5.60 Å². The summed E-state index contributed by atoms with van der Waals surface area (Å²) in [7, 11) is 0. The van der Waals surface area contributed by atoms with Gasteiger partial charge in [0.2, 0.25) is 0 Å². The van der Waals surface area contributed by atoms with E-state index in [9.17, 15) is 4.79 Å². The summed E-state index contributed by atoms with van der Waals surface area (Å²) in [5.74, 6) is 0.263. The summed E-state index contributed by atoms with van der Waals surface area (Å²) in [6, 6.07) is 10.4. The van der Waals surface area contributed by atoms with Gasteiger partial charge in [-0.05, 0) is 45.6 Å². The van der Waals surface area contributed by atoms with Crippen LogP contribution in [0, 0.1) is 0 Å². The Kier molecular flexibility index (Phi) is 4.81. The maximum atomic E-state index is 12.4. The summed E-state index contributed by atoms with van der Waals surface area (Å²) in [6.07, 6.45) is 0.628. The highest BCUT2D eigenvalue weighted by molar-refractivity contribution is 7.82. The minimum Gasteiger partial charge on any atom is -0.444 e. The fraction of sp³-hybridized carbons (Fsp3) is 0.611. The number of carbonyl (C=O) groups is 1. The first-order valence-corrected chi connectivity index (χ1v) is 8.37. The Morgan fingerprint density at radius 2 is 1.95 bits per heavy atom. The van der Waals surface area contributed by atoms with E-state index in [0.29, 0.717) is 6.54 Å². The number of hydrogen-bond acceptors (Lipinski definition) is 3. The number of carbonyl (C=O) groups excluding carboxylic acids is 1. The molecular weight excluding hydrogens is 294 g/mol. The van der Waals surface area contributed by atoms with E-state index in [1.54, 1.807) is 0 Å². The molecule has 0 aliphatic carbocycles. The maximum absolute atomic E-state index is 12.4. The summed E-state index contributed by atoms with van der Waals surface area (Å²) in [6.45, 7) is 10.6. The van der Waals surface area contributed by atoms with Crippen LogP contribution in [0.25, 0.3) is 0 Å². The van der Waals surface area contributed by atoms with E-state index in [0.717, 1.165) is 6.42 Å². The molecule has 4 heteroatoms. The second-order valence-electron chi connectivity index (χ2n) is 7.22. The van der Waals surface area contributed by atoms with Gasteiger partial charge in [0.05, 0.1) is 0 Å². The molecule has 1 aromatic carbocycles. The molecule has 2 rings (SSSR count). The van der Waals surface area contributed by atoms with Crippen molar-refractivity contribution in [2.75, 3.05) is 6.54 Å². The Bertz CT molecular complexity index is 526. The number of likely N-dealkylation sites (tertiary alicyclic amines) is 1. The number of benzene rings is 1. The second-order valence-corrected chi connectivity index (χ2v) is 8.06. The van der Waals surface area contributed by atoms with E-state index in [-0.39, 0.29) is 22.8 Å². The molecule has 0 aromatic heterocycles. The Balaban J connectivity index is 2.16. The summed E-state index contributed by atoms with van der Waals surface area (Å²) in [5, 5.41) is 0. The molecule has 1 amide bonds. The fourth-order valence-corrected chi connectivity index (χ4v) is 3.54. The predicted octanol–water partition coefficient (Wildman–Crippen LogP) is 4.49. The average molecular weight is 321 g/mol. The van der Waals surface area contributed by atoms with E-state index in [2.05, 4.69) is 26.0 Å². The Hall–Kier alpha value is -1.16. The maximum Gasteiger partial charge on any atom is 0.410 e. The van der Waals surface area contributed by atoms with E-state index in [4.69, 9.17) is 17.4 Å². The van der Waals surface area contributed by atoms with Crippen molar-refractivity contribution in [3.8, 4) is 0 Å². The van der Waals surface area contributed by atoms with Crippen molar-refractivity contribution in [3.63, 3.8) is 0 Å². The molecule has 3 nitrogen and oxygen atoms in total. The number of ether oxygens (including phenoxy) is 1. The first kappa shape index (κ1) is 17.2. The molecule has 122 valence electrons. The lowest BCUT2D eigenvalue weighted by Crippen LogP contribution is -2.46. The zero-order valence-electron chi connectivity index (χ0n) is 14.2. The van der Waals surface area contributed by atoms with Crippen LogP contribution in [0.15, 0.2) is 30.3 Å². The van der Waals surface area contributed by atoms with E-state index < -0.39 is 5.60 Å². The quantitative estimate of drug-likeness (QED) is 0.813. The molecule has 3 unspecified atom stereocenters. The number of thiol groups is 1. The highest BCUT2D eigenvalue weighted by Crippen LogP contribution is 2.45. The molecule has 1 aliphatic heterocycles. The van der Waals surface area contributed by atoms with E-state index >= 15 is 0 Å². The molecule has 1 heterocycles. The molecule has 1 fully saturated rings. The van der Waals surface area contributed by atoms with E-state index in [1.807, 2.05) is 43.9 Å². The largest absolute Gasteiger partial charge is 0.444 e. The van der Waals surface area contributed by atoms with Crippen molar-refractivity contribution in [3.05, 3.63) is 35.9 Å². The van der Waals surface area contributed by atoms with Crippen LogP contribution in [0.1, 0.15) is 52.5 Å². The van der Waals surface area contributed by atoms with Crippen LogP contribution < -0.4 is 0 Å². The first-order valence-electron chi connectivity index (χ1n) is 7.92. The van der Waals surface area contributed by atoms with Crippen LogP contribution in [0.3, 0.4) is 0 Å². The number of rotatable bonds is 2. The molecule has 0 bridgehead atoms. The number of hydrogen-bond donors (Lipinski definition) is 1. The van der Waals surface area contributed by atoms with Gasteiger partial charge in [-0.25, -0.2) is 4.79 Å². The van der Waals surface area contributed by atoms with Crippen LogP contribution in [0.5, 0.6) is 0 Å². The summed E-state index contributed by atoms with van der Waals surface area (Å²) in [4.78, 5) is 14.2. The van der Waals surface area contributed by atoms with Crippen molar-refractivity contribution in [2.24, 2.45) is 0 Å². The molecule has 0 saturated carbocycles.